The zero-order valence-electron chi connectivity index (χ0n) is 11.7. The number of rotatable bonds is 3. The minimum Gasteiger partial charge on any atom is -0.504 e. The lowest BCUT2D eigenvalue weighted by Gasteiger charge is -2.12. The molecule has 19 heavy (non-hydrogen) atoms. The van der Waals surface area contributed by atoms with Gasteiger partial charge in [0.1, 0.15) is 5.82 Å². The highest BCUT2D eigenvalue weighted by Gasteiger charge is 2.19. The average Bonchev–Trinajstić information content (AvgIpc) is 2.81. The van der Waals surface area contributed by atoms with Gasteiger partial charge in [-0.1, -0.05) is 20.8 Å². The molecular formula is C14H19N3O2. The third-order valence-corrected chi connectivity index (χ3v) is 2.71. The lowest BCUT2D eigenvalue weighted by molar-refractivity contribution is 0.318. The number of H-pyrrole nitrogens is 1. The van der Waals surface area contributed by atoms with Gasteiger partial charge in [-0.3, -0.25) is 5.10 Å². The van der Waals surface area contributed by atoms with Gasteiger partial charge in [0.25, 0.3) is 0 Å². The quantitative estimate of drug-likeness (QED) is 0.891. The number of hydrogen-bond donors (Lipinski definition) is 2. The summed E-state index contributed by atoms with van der Waals surface area (Å²) in [4.78, 5) is 4.48. The van der Waals surface area contributed by atoms with Crippen LogP contribution in [0.2, 0.25) is 0 Å². The average molecular weight is 261 g/mol. The van der Waals surface area contributed by atoms with Crippen LogP contribution in [0.4, 0.5) is 0 Å². The molecule has 2 rings (SSSR count). The molecule has 2 aromatic rings. The summed E-state index contributed by atoms with van der Waals surface area (Å²) in [5.74, 6) is 2.00. The predicted molar refractivity (Wildman–Crippen MR) is 73.4 cm³/mol. The maximum atomic E-state index is 9.67. The Kier molecular flexibility index (Phi) is 3.46. The molecule has 0 aliphatic carbocycles. The summed E-state index contributed by atoms with van der Waals surface area (Å²) in [5, 5.41) is 16.8. The van der Waals surface area contributed by atoms with Crippen LogP contribution < -0.4 is 4.74 Å². The number of phenols is 1. The second kappa shape index (κ2) is 4.91. The number of aromatic nitrogens is 3. The van der Waals surface area contributed by atoms with Crippen LogP contribution in [0, 0.1) is 0 Å². The molecule has 5 nitrogen and oxygen atoms in total. The fourth-order valence-corrected chi connectivity index (χ4v) is 1.65. The van der Waals surface area contributed by atoms with Crippen molar-refractivity contribution in [3.63, 3.8) is 0 Å². The number of phenolic OH excluding ortho intramolecular Hbond substituents is 1. The van der Waals surface area contributed by atoms with Crippen LogP contribution in [0.1, 0.15) is 33.5 Å². The summed E-state index contributed by atoms with van der Waals surface area (Å²) < 4.78 is 5.36. The van der Waals surface area contributed by atoms with Gasteiger partial charge in [0.2, 0.25) is 0 Å². The predicted octanol–water partition coefficient (Wildman–Crippen LogP) is 2.87. The molecule has 0 aliphatic rings. The Hall–Kier alpha value is -2.04. The van der Waals surface area contributed by atoms with Gasteiger partial charge in [0.05, 0.1) is 6.61 Å². The molecule has 0 amide bonds. The van der Waals surface area contributed by atoms with Gasteiger partial charge < -0.3 is 9.84 Å². The first-order valence-electron chi connectivity index (χ1n) is 6.31. The first-order chi connectivity index (χ1) is 8.91. The van der Waals surface area contributed by atoms with Crippen molar-refractivity contribution in [2.75, 3.05) is 6.61 Å². The number of aromatic hydroxyl groups is 1. The molecule has 2 N–H and O–H groups in total. The number of ether oxygens (including phenoxy) is 1. The molecule has 1 aromatic heterocycles. The van der Waals surface area contributed by atoms with Crippen molar-refractivity contribution in [2.24, 2.45) is 0 Å². The highest BCUT2D eigenvalue weighted by atomic mass is 16.5. The SMILES string of the molecule is CCOc1cc(-c2n[nH]c(C(C)(C)C)n2)ccc1O. The minimum atomic E-state index is -0.0785. The van der Waals surface area contributed by atoms with E-state index in [0.29, 0.717) is 18.2 Å². The molecule has 0 spiro atoms. The van der Waals surface area contributed by atoms with Crippen molar-refractivity contribution >= 4 is 0 Å². The summed E-state index contributed by atoms with van der Waals surface area (Å²) >= 11 is 0. The van der Waals surface area contributed by atoms with Gasteiger partial charge in [-0.15, -0.1) is 0 Å². The van der Waals surface area contributed by atoms with E-state index < -0.39 is 0 Å². The van der Waals surface area contributed by atoms with E-state index in [2.05, 4.69) is 36.0 Å². The van der Waals surface area contributed by atoms with Crippen molar-refractivity contribution in [3.05, 3.63) is 24.0 Å². The molecule has 0 radical (unpaired) electrons. The summed E-state index contributed by atoms with van der Waals surface area (Å²) in [5.41, 5.74) is 0.735. The van der Waals surface area contributed by atoms with Crippen molar-refractivity contribution < 1.29 is 9.84 Å². The van der Waals surface area contributed by atoms with Crippen molar-refractivity contribution in [2.45, 2.75) is 33.1 Å². The second-order valence-electron chi connectivity index (χ2n) is 5.37. The van der Waals surface area contributed by atoms with Crippen LogP contribution in [0.25, 0.3) is 11.4 Å². The summed E-state index contributed by atoms with van der Waals surface area (Å²) in [6, 6.07) is 5.11. The second-order valence-corrected chi connectivity index (χ2v) is 5.37. The Morgan fingerprint density at radius 2 is 2.05 bits per heavy atom. The molecule has 0 saturated carbocycles. The Morgan fingerprint density at radius 1 is 1.32 bits per heavy atom. The normalized spacial score (nSPS) is 11.6. The van der Waals surface area contributed by atoms with E-state index in [0.717, 1.165) is 11.4 Å². The van der Waals surface area contributed by atoms with E-state index in [-0.39, 0.29) is 11.2 Å². The smallest absolute Gasteiger partial charge is 0.181 e. The first kappa shape index (κ1) is 13.4. The van der Waals surface area contributed by atoms with Crippen LogP contribution in [0.5, 0.6) is 11.5 Å². The molecule has 5 heteroatoms. The first-order valence-corrected chi connectivity index (χ1v) is 6.31. The fraction of sp³-hybridized carbons (Fsp3) is 0.429. The molecule has 1 aromatic carbocycles. The van der Waals surface area contributed by atoms with E-state index >= 15 is 0 Å². The van der Waals surface area contributed by atoms with Crippen molar-refractivity contribution in [1.29, 1.82) is 0 Å². The fourth-order valence-electron chi connectivity index (χ4n) is 1.65. The Morgan fingerprint density at radius 3 is 2.63 bits per heavy atom. The molecule has 0 aliphatic heterocycles. The van der Waals surface area contributed by atoms with Gasteiger partial charge in [-0.05, 0) is 25.1 Å². The monoisotopic (exact) mass is 261 g/mol. The van der Waals surface area contributed by atoms with Crippen LogP contribution >= 0.6 is 0 Å². The highest BCUT2D eigenvalue weighted by molar-refractivity contribution is 5.60. The topological polar surface area (TPSA) is 71.0 Å². The maximum Gasteiger partial charge on any atom is 0.181 e. The number of aromatic amines is 1. The van der Waals surface area contributed by atoms with Gasteiger partial charge in [-0.2, -0.15) is 5.10 Å². The molecule has 0 unspecified atom stereocenters. The molecule has 102 valence electrons. The number of hydrogen-bond acceptors (Lipinski definition) is 4. The van der Waals surface area contributed by atoms with Crippen molar-refractivity contribution in [3.8, 4) is 22.9 Å². The lowest BCUT2D eigenvalue weighted by atomic mass is 9.96. The lowest BCUT2D eigenvalue weighted by Crippen LogP contribution is -2.13. The Labute approximate surface area is 112 Å². The van der Waals surface area contributed by atoms with E-state index in [1.807, 2.05) is 6.92 Å². The van der Waals surface area contributed by atoms with Gasteiger partial charge >= 0.3 is 0 Å². The molecule has 0 atom stereocenters. The molecule has 0 saturated heterocycles. The summed E-state index contributed by atoms with van der Waals surface area (Å²) in [6.45, 7) is 8.58. The minimum absolute atomic E-state index is 0.0785. The van der Waals surface area contributed by atoms with Crippen LogP contribution in [0.3, 0.4) is 0 Å². The number of nitrogens with one attached hydrogen (secondary N) is 1. The Balaban J connectivity index is 2.36. The van der Waals surface area contributed by atoms with Crippen molar-refractivity contribution in [1.82, 2.24) is 15.2 Å². The zero-order chi connectivity index (χ0) is 14.0. The number of benzene rings is 1. The van der Waals surface area contributed by atoms with Gasteiger partial charge in [0, 0.05) is 11.0 Å². The van der Waals surface area contributed by atoms with E-state index in [4.69, 9.17) is 4.74 Å². The molecule has 0 bridgehead atoms. The van der Waals surface area contributed by atoms with Gasteiger partial charge in [0.15, 0.2) is 17.3 Å². The zero-order valence-corrected chi connectivity index (χ0v) is 11.7. The molecular weight excluding hydrogens is 242 g/mol. The highest BCUT2D eigenvalue weighted by Crippen LogP contribution is 2.31. The third kappa shape index (κ3) is 2.86. The van der Waals surface area contributed by atoms with Gasteiger partial charge in [-0.25, -0.2) is 4.98 Å². The molecule has 1 heterocycles. The number of nitrogens with zero attached hydrogens (tertiary/aromatic N) is 2. The largest absolute Gasteiger partial charge is 0.504 e. The molecule has 0 fully saturated rings. The van der Waals surface area contributed by atoms with E-state index in [9.17, 15) is 5.11 Å². The van der Waals surface area contributed by atoms with Crippen LogP contribution in [-0.4, -0.2) is 26.9 Å². The van der Waals surface area contributed by atoms with Crippen LogP contribution in [-0.2, 0) is 5.41 Å². The maximum absolute atomic E-state index is 9.67. The third-order valence-electron chi connectivity index (χ3n) is 2.71. The standard InChI is InChI=1S/C14H19N3O2/c1-5-19-11-8-9(6-7-10(11)18)12-15-13(17-16-12)14(2,3)4/h6-8,18H,5H2,1-4H3,(H,15,16,17). The summed E-state index contributed by atoms with van der Waals surface area (Å²) in [6.07, 6.45) is 0. The van der Waals surface area contributed by atoms with E-state index in [1.165, 1.54) is 0 Å². The summed E-state index contributed by atoms with van der Waals surface area (Å²) in [7, 11) is 0. The Bertz CT molecular complexity index is 570. The van der Waals surface area contributed by atoms with E-state index in [1.54, 1.807) is 18.2 Å². The van der Waals surface area contributed by atoms with Crippen LogP contribution in [0.15, 0.2) is 18.2 Å².